The molecule has 0 spiro atoms. The zero-order chi connectivity index (χ0) is 17.9. The van der Waals surface area contributed by atoms with Crippen LogP contribution >= 0.6 is 35.5 Å². The van der Waals surface area contributed by atoms with Crippen molar-refractivity contribution in [1.29, 1.82) is 0 Å². The van der Waals surface area contributed by atoms with Crippen LogP contribution in [0.15, 0.2) is 4.79 Å². The largest absolute Gasteiger partial charge is 0.356 e. The molecule has 1 saturated heterocycles. The number of thiophene rings is 1. The smallest absolute Gasteiger partial charge is 0.259 e. The molecular formula is C18H25ClN4O2S2. The van der Waals surface area contributed by atoms with Crippen molar-refractivity contribution in [3.8, 4) is 0 Å². The standard InChI is InChI=1S/C18H24N4O2S2.ClH/c23-15(20-9-11-7-19-8-11)5-6-25-10-14-21-17(24)16-12-3-1-2-4-13(12)26-18(16)22-14;/h11,19H,1-10H2,(H,20,23)(H,21,22,24);1H. The number of H-pyrrole nitrogens is 1. The molecule has 1 aliphatic heterocycles. The summed E-state index contributed by atoms with van der Waals surface area (Å²) in [5.74, 6) is 2.77. The van der Waals surface area contributed by atoms with E-state index in [-0.39, 0.29) is 23.9 Å². The molecule has 0 unspecified atom stereocenters. The molecule has 9 heteroatoms. The van der Waals surface area contributed by atoms with E-state index in [9.17, 15) is 9.59 Å². The van der Waals surface area contributed by atoms with Gasteiger partial charge < -0.3 is 15.6 Å². The average molecular weight is 429 g/mol. The van der Waals surface area contributed by atoms with Crippen LogP contribution in [0.1, 0.15) is 35.5 Å². The molecule has 0 atom stereocenters. The molecule has 0 saturated carbocycles. The minimum absolute atomic E-state index is 0. The first-order valence-corrected chi connectivity index (χ1v) is 11.3. The molecule has 1 aliphatic carbocycles. The van der Waals surface area contributed by atoms with Crippen molar-refractivity contribution in [3.63, 3.8) is 0 Å². The number of thioether (sulfide) groups is 1. The molecule has 0 radical (unpaired) electrons. The normalized spacial score (nSPS) is 16.4. The summed E-state index contributed by atoms with van der Waals surface area (Å²) in [5.41, 5.74) is 1.22. The van der Waals surface area contributed by atoms with Crippen LogP contribution < -0.4 is 16.2 Å². The highest BCUT2D eigenvalue weighted by molar-refractivity contribution is 7.98. The summed E-state index contributed by atoms with van der Waals surface area (Å²) in [4.78, 5) is 34.1. The van der Waals surface area contributed by atoms with Crippen LogP contribution in [0.3, 0.4) is 0 Å². The first-order chi connectivity index (χ1) is 12.7. The lowest BCUT2D eigenvalue weighted by Crippen LogP contribution is -2.48. The summed E-state index contributed by atoms with van der Waals surface area (Å²) in [7, 11) is 0. The third-order valence-corrected chi connectivity index (χ3v) is 7.20. The molecule has 2 aromatic rings. The highest BCUT2D eigenvalue weighted by Gasteiger charge is 2.20. The molecule has 2 aromatic heterocycles. The van der Waals surface area contributed by atoms with Gasteiger partial charge in [0, 0.05) is 42.6 Å². The molecule has 27 heavy (non-hydrogen) atoms. The number of halogens is 1. The van der Waals surface area contributed by atoms with Gasteiger partial charge in [-0.05, 0) is 31.2 Å². The Morgan fingerprint density at radius 2 is 2.11 bits per heavy atom. The van der Waals surface area contributed by atoms with Crippen LogP contribution in [-0.2, 0) is 23.4 Å². The molecular weight excluding hydrogens is 404 g/mol. The van der Waals surface area contributed by atoms with Crippen molar-refractivity contribution >= 4 is 51.6 Å². The van der Waals surface area contributed by atoms with E-state index in [0.717, 1.165) is 54.9 Å². The van der Waals surface area contributed by atoms with Crippen LogP contribution in [0, 0.1) is 5.92 Å². The number of nitrogens with one attached hydrogen (secondary N) is 3. The Kier molecular flexibility index (Phi) is 7.19. The number of carbonyl (C=O) groups excluding carboxylic acids is 1. The summed E-state index contributed by atoms with van der Waals surface area (Å²) in [6.07, 6.45) is 4.95. The van der Waals surface area contributed by atoms with Crippen LogP contribution in [0.5, 0.6) is 0 Å². The average Bonchev–Trinajstić information content (AvgIpc) is 2.96. The van der Waals surface area contributed by atoms with Crippen molar-refractivity contribution < 1.29 is 4.79 Å². The van der Waals surface area contributed by atoms with Gasteiger partial charge in [0.2, 0.25) is 5.91 Å². The SMILES string of the molecule is Cl.O=C(CCSCc1nc2sc3c(c2c(=O)[nH]1)CCCC3)NCC1CNC1. The quantitative estimate of drug-likeness (QED) is 0.589. The Balaban J connectivity index is 0.00000210. The fraction of sp³-hybridized carbons (Fsp3) is 0.611. The number of hydrogen-bond donors (Lipinski definition) is 3. The van der Waals surface area contributed by atoms with E-state index in [4.69, 9.17) is 0 Å². The van der Waals surface area contributed by atoms with E-state index < -0.39 is 0 Å². The van der Waals surface area contributed by atoms with Gasteiger partial charge in [-0.15, -0.1) is 23.7 Å². The van der Waals surface area contributed by atoms with Crippen molar-refractivity contribution in [2.24, 2.45) is 5.92 Å². The van der Waals surface area contributed by atoms with Gasteiger partial charge in [-0.1, -0.05) is 0 Å². The van der Waals surface area contributed by atoms with Crippen molar-refractivity contribution in [1.82, 2.24) is 20.6 Å². The molecule has 4 rings (SSSR count). The Morgan fingerprint density at radius 1 is 1.30 bits per heavy atom. The highest BCUT2D eigenvalue weighted by atomic mass is 35.5. The maximum atomic E-state index is 12.5. The number of aromatic amines is 1. The molecule has 3 heterocycles. The van der Waals surface area contributed by atoms with E-state index in [1.165, 1.54) is 16.9 Å². The third-order valence-electron chi connectivity index (χ3n) is 5.04. The lowest BCUT2D eigenvalue weighted by atomic mass is 9.97. The Hall–Kier alpha value is -1.09. The Morgan fingerprint density at radius 3 is 2.89 bits per heavy atom. The summed E-state index contributed by atoms with van der Waals surface area (Å²) in [6, 6.07) is 0. The van der Waals surface area contributed by atoms with Crippen LogP contribution in [0.4, 0.5) is 0 Å². The monoisotopic (exact) mass is 428 g/mol. The van der Waals surface area contributed by atoms with Gasteiger partial charge in [-0.2, -0.15) is 11.8 Å². The molecule has 0 bridgehead atoms. The number of nitrogens with zero attached hydrogens (tertiary/aromatic N) is 1. The number of hydrogen-bond acceptors (Lipinski definition) is 6. The van der Waals surface area contributed by atoms with E-state index in [1.807, 2.05) is 0 Å². The number of aryl methyl sites for hydroxylation is 2. The van der Waals surface area contributed by atoms with Gasteiger partial charge in [0.1, 0.15) is 10.7 Å². The Labute approximate surface area is 172 Å². The summed E-state index contributed by atoms with van der Waals surface area (Å²) in [6.45, 7) is 2.77. The summed E-state index contributed by atoms with van der Waals surface area (Å²) >= 11 is 3.32. The van der Waals surface area contributed by atoms with Crippen LogP contribution in [0.2, 0.25) is 0 Å². The topological polar surface area (TPSA) is 86.9 Å². The van der Waals surface area contributed by atoms with Gasteiger partial charge in [-0.25, -0.2) is 4.98 Å². The maximum Gasteiger partial charge on any atom is 0.259 e. The minimum atomic E-state index is -0.00292. The second-order valence-electron chi connectivity index (χ2n) is 7.03. The van der Waals surface area contributed by atoms with E-state index in [0.29, 0.717) is 23.9 Å². The lowest BCUT2D eigenvalue weighted by molar-refractivity contribution is -0.120. The number of aromatic nitrogens is 2. The van der Waals surface area contributed by atoms with Gasteiger partial charge in [0.25, 0.3) is 5.56 Å². The zero-order valence-electron chi connectivity index (χ0n) is 15.1. The predicted molar refractivity (Wildman–Crippen MR) is 114 cm³/mol. The second-order valence-corrected chi connectivity index (χ2v) is 9.22. The minimum Gasteiger partial charge on any atom is -0.356 e. The summed E-state index contributed by atoms with van der Waals surface area (Å²) < 4.78 is 0. The molecule has 1 amide bonds. The van der Waals surface area contributed by atoms with Gasteiger partial charge in [-0.3, -0.25) is 9.59 Å². The maximum absolute atomic E-state index is 12.5. The number of amides is 1. The molecule has 6 nitrogen and oxygen atoms in total. The fourth-order valence-corrected chi connectivity index (χ4v) is 5.53. The molecule has 2 aliphatic rings. The van der Waals surface area contributed by atoms with Crippen LogP contribution in [-0.4, -0.2) is 41.3 Å². The first kappa shape index (κ1) is 20.6. The van der Waals surface area contributed by atoms with Gasteiger partial charge in [0.05, 0.1) is 11.1 Å². The number of rotatable bonds is 7. The highest BCUT2D eigenvalue weighted by Crippen LogP contribution is 2.33. The predicted octanol–water partition coefficient (Wildman–Crippen LogP) is 2.24. The van der Waals surface area contributed by atoms with Crippen molar-refractivity contribution in [2.75, 3.05) is 25.4 Å². The number of fused-ring (bicyclic) bond motifs is 3. The van der Waals surface area contributed by atoms with Gasteiger partial charge in [0.15, 0.2) is 0 Å². The molecule has 3 N–H and O–H groups in total. The second kappa shape index (κ2) is 9.41. The van der Waals surface area contributed by atoms with Gasteiger partial charge >= 0.3 is 0 Å². The third kappa shape index (κ3) is 4.85. The summed E-state index contributed by atoms with van der Waals surface area (Å²) in [5, 5.41) is 6.99. The van der Waals surface area contributed by atoms with E-state index in [1.54, 1.807) is 23.1 Å². The van der Waals surface area contributed by atoms with E-state index >= 15 is 0 Å². The van der Waals surface area contributed by atoms with E-state index in [2.05, 4.69) is 20.6 Å². The molecule has 1 fully saturated rings. The first-order valence-electron chi connectivity index (χ1n) is 9.29. The molecule has 148 valence electrons. The van der Waals surface area contributed by atoms with Crippen molar-refractivity contribution in [2.45, 2.75) is 37.9 Å². The Bertz CT molecular complexity index is 863. The number of carbonyl (C=O) groups is 1. The lowest BCUT2D eigenvalue weighted by Gasteiger charge is -2.27. The van der Waals surface area contributed by atoms with Crippen LogP contribution in [0.25, 0.3) is 10.2 Å². The fourth-order valence-electron chi connectivity index (χ4n) is 3.45. The molecule has 0 aromatic carbocycles. The van der Waals surface area contributed by atoms with Crippen molar-refractivity contribution in [3.05, 3.63) is 26.6 Å². The zero-order valence-corrected chi connectivity index (χ0v) is 17.6.